The Labute approximate surface area is 248 Å². The Kier molecular flexibility index (Phi) is 9.05. The molecule has 0 amide bonds. The van der Waals surface area contributed by atoms with Crippen LogP contribution in [0.3, 0.4) is 0 Å². The van der Waals surface area contributed by atoms with Crippen LogP contribution < -0.4 is 0 Å². The average molecular weight is 581 g/mol. The third-order valence-electron chi connectivity index (χ3n) is 7.83. The zero-order valence-electron chi connectivity index (χ0n) is 26.3. The molecular weight excluding hydrogens is 536 g/mol. The summed E-state index contributed by atoms with van der Waals surface area (Å²) in [7, 11) is 0. The van der Waals surface area contributed by atoms with Gasteiger partial charge in [0.2, 0.25) is 0 Å². The van der Waals surface area contributed by atoms with Crippen LogP contribution in [0.1, 0.15) is 107 Å². The van der Waals surface area contributed by atoms with Crippen LogP contribution in [0, 0.1) is 0 Å². The van der Waals surface area contributed by atoms with Gasteiger partial charge in [-0.25, -0.2) is 19.2 Å². The summed E-state index contributed by atoms with van der Waals surface area (Å²) in [5.41, 5.74) is 7.34. The summed E-state index contributed by atoms with van der Waals surface area (Å²) in [6, 6.07) is 0. The fraction of sp³-hybridized carbons (Fsp3) is 0.588. The highest BCUT2D eigenvalue weighted by Gasteiger charge is 2.38. The number of allylic oxidation sites excluding steroid dienone is 6. The van der Waals surface area contributed by atoms with Crippen molar-refractivity contribution in [2.75, 3.05) is 13.2 Å². The summed E-state index contributed by atoms with van der Waals surface area (Å²) >= 11 is 0. The quantitative estimate of drug-likeness (QED) is 0.200. The van der Waals surface area contributed by atoms with Crippen LogP contribution >= 0.6 is 0 Å². The first-order valence-corrected chi connectivity index (χ1v) is 14.9. The molecule has 8 heteroatoms. The zero-order valence-corrected chi connectivity index (χ0v) is 26.3. The van der Waals surface area contributed by atoms with Gasteiger partial charge in [0.1, 0.15) is 11.2 Å². The lowest BCUT2D eigenvalue weighted by molar-refractivity contribution is -0.153. The number of carbonyl (C=O) groups excluding carboxylic acids is 4. The fourth-order valence-electron chi connectivity index (χ4n) is 6.08. The van der Waals surface area contributed by atoms with Gasteiger partial charge < -0.3 is 18.9 Å². The van der Waals surface area contributed by atoms with E-state index in [-0.39, 0.29) is 13.2 Å². The molecular formula is C34H44O8. The van der Waals surface area contributed by atoms with E-state index in [1.165, 1.54) is 11.1 Å². The van der Waals surface area contributed by atoms with Crippen LogP contribution in [-0.4, -0.2) is 48.3 Å². The summed E-state index contributed by atoms with van der Waals surface area (Å²) < 4.78 is 22.0. The van der Waals surface area contributed by atoms with E-state index in [2.05, 4.69) is 0 Å². The van der Waals surface area contributed by atoms with Crippen molar-refractivity contribution in [3.8, 4) is 0 Å². The van der Waals surface area contributed by atoms with Crippen molar-refractivity contribution in [3.63, 3.8) is 0 Å². The predicted molar refractivity (Wildman–Crippen MR) is 157 cm³/mol. The number of hydrogen-bond donors (Lipinski definition) is 0. The molecule has 0 spiro atoms. The van der Waals surface area contributed by atoms with Crippen molar-refractivity contribution < 1.29 is 38.1 Å². The van der Waals surface area contributed by atoms with Crippen molar-refractivity contribution in [1.29, 1.82) is 0 Å². The average Bonchev–Trinajstić information content (AvgIpc) is 2.87. The first-order valence-electron chi connectivity index (χ1n) is 14.9. The highest BCUT2D eigenvalue weighted by Crippen LogP contribution is 2.49. The molecule has 0 saturated heterocycles. The molecule has 0 atom stereocenters. The van der Waals surface area contributed by atoms with Gasteiger partial charge in [-0.3, -0.25) is 0 Å². The second-order valence-corrected chi connectivity index (χ2v) is 13.4. The van der Waals surface area contributed by atoms with E-state index in [1.54, 1.807) is 13.8 Å². The topological polar surface area (TPSA) is 105 Å². The Morgan fingerprint density at radius 3 is 0.929 bits per heavy atom. The highest BCUT2D eigenvalue weighted by atomic mass is 16.6. The minimum Gasteiger partial charge on any atom is -0.463 e. The molecule has 0 saturated carbocycles. The van der Waals surface area contributed by atoms with Crippen LogP contribution in [0.15, 0.2) is 55.7 Å². The van der Waals surface area contributed by atoms with Gasteiger partial charge >= 0.3 is 23.9 Å². The van der Waals surface area contributed by atoms with E-state index in [0.717, 1.165) is 22.3 Å². The second kappa shape index (κ2) is 12.1. The fourth-order valence-corrected chi connectivity index (χ4v) is 6.08. The molecule has 4 aliphatic carbocycles. The van der Waals surface area contributed by atoms with Gasteiger partial charge in [0.05, 0.1) is 35.5 Å². The van der Waals surface area contributed by atoms with E-state index < -0.39 is 35.1 Å². The Hall–Kier alpha value is -3.42. The van der Waals surface area contributed by atoms with Crippen molar-refractivity contribution in [2.45, 2.75) is 118 Å². The van der Waals surface area contributed by atoms with Gasteiger partial charge in [-0.05, 0) is 81.1 Å². The van der Waals surface area contributed by atoms with Crippen molar-refractivity contribution in [2.24, 2.45) is 0 Å². The molecule has 4 aliphatic rings. The van der Waals surface area contributed by atoms with Crippen LogP contribution in [0.2, 0.25) is 0 Å². The van der Waals surface area contributed by atoms with Gasteiger partial charge in [-0.1, -0.05) is 33.4 Å². The maximum Gasteiger partial charge on any atom is 0.335 e. The van der Waals surface area contributed by atoms with Crippen LogP contribution in [0.5, 0.6) is 0 Å². The molecule has 0 fully saturated rings. The molecule has 0 unspecified atom stereocenters. The van der Waals surface area contributed by atoms with E-state index in [1.807, 2.05) is 41.5 Å². The first-order chi connectivity index (χ1) is 19.6. The Bertz CT molecular complexity index is 1260. The van der Waals surface area contributed by atoms with Gasteiger partial charge in [0.25, 0.3) is 0 Å². The maximum absolute atomic E-state index is 13.3. The molecule has 0 aromatic carbocycles. The van der Waals surface area contributed by atoms with E-state index in [4.69, 9.17) is 18.9 Å². The SMILES string of the molecule is CCOC(=O)C1=C(C(=O)OCC)CC2=C(CC3=C(C2)CC2=C(C3)CC(C(=O)OC(C)(C)C)=C(C(=O)OC(C)(C)C)C2)C1. The minimum absolute atomic E-state index is 0.232. The Balaban J connectivity index is 1.57. The largest absolute Gasteiger partial charge is 0.463 e. The van der Waals surface area contributed by atoms with Gasteiger partial charge in [0, 0.05) is 25.7 Å². The summed E-state index contributed by atoms with van der Waals surface area (Å²) in [5, 5.41) is 0. The monoisotopic (exact) mass is 580 g/mol. The number of rotatable bonds is 6. The minimum atomic E-state index is -0.695. The molecule has 8 nitrogen and oxygen atoms in total. The van der Waals surface area contributed by atoms with E-state index in [0.29, 0.717) is 73.7 Å². The lowest BCUT2D eigenvalue weighted by Crippen LogP contribution is -2.31. The normalized spacial score (nSPS) is 19.2. The van der Waals surface area contributed by atoms with Gasteiger partial charge in [-0.15, -0.1) is 0 Å². The third-order valence-corrected chi connectivity index (χ3v) is 7.83. The molecule has 0 aromatic heterocycles. The summed E-state index contributed by atoms with van der Waals surface area (Å²) in [6.45, 7) is 14.8. The predicted octanol–water partition coefficient (Wildman–Crippen LogP) is 6.45. The van der Waals surface area contributed by atoms with Gasteiger partial charge in [0.15, 0.2) is 0 Å². The summed E-state index contributed by atoms with van der Waals surface area (Å²) in [4.78, 5) is 52.3. The Morgan fingerprint density at radius 1 is 0.452 bits per heavy atom. The van der Waals surface area contributed by atoms with Crippen molar-refractivity contribution >= 4 is 23.9 Å². The number of carbonyl (C=O) groups is 4. The maximum atomic E-state index is 13.3. The summed E-state index contributed by atoms with van der Waals surface area (Å²) in [5.74, 6) is -1.89. The molecule has 228 valence electrons. The smallest absolute Gasteiger partial charge is 0.335 e. The lowest BCUT2D eigenvalue weighted by atomic mass is 9.69. The number of hydrogen-bond acceptors (Lipinski definition) is 8. The molecule has 0 N–H and O–H groups in total. The first kappa shape index (κ1) is 31.5. The molecule has 0 radical (unpaired) electrons. The van der Waals surface area contributed by atoms with E-state index >= 15 is 0 Å². The van der Waals surface area contributed by atoms with Crippen LogP contribution in [0.25, 0.3) is 0 Å². The zero-order chi connectivity index (χ0) is 31.0. The molecule has 42 heavy (non-hydrogen) atoms. The standard InChI is InChI=1S/C34H44O8/c1-9-39-29(35)25-15-21-11-19-13-23-17-27(31(37)41-33(3,4)5)28(32(38)42-34(6,7)8)18-24(23)14-20(19)12-22(21)16-26(25)30(36)40-10-2/h9-18H2,1-8H3. The Morgan fingerprint density at radius 2 is 0.690 bits per heavy atom. The highest BCUT2D eigenvalue weighted by molar-refractivity contribution is 6.02. The molecule has 4 rings (SSSR count). The molecule has 0 aliphatic heterocycles. The van der Waals surface area contributed by atoms with E-state index in [9.17, 15) is 19.2 Å². The molecule has 0 aromatic rings. The third kappa shape index (κ3) is 7.13. The summed E-state index contributed by atoms with van der Waals surface area (Å²) in [6.07, 6.45) is 4.28. The van der Waals surface area contributed by atoms with Crippen LogP contribution in [-0.2, 0) is 38.1 Å². The van der Waals surface area contributed by atoms with Crippen LogP contribution in [0.4, 0.5) is 0 Å². The van der Waals surface area contributed by atoms with Gasteiger partial charge in [-0.2, -0.15) is 0 Å². The van der Waals surface area contributed by atoms with Crippen molar-refractivity contribution in [3.05, 3.63) is 55.7 Å². The number of esters is 4. The van der Waals surface area contributed by atoms with Crippen molar-refractivity contribution in [1.82, 2.24) is 0 Å². The molecule has 0 bridgehead atoms. The number of ether oxygens (including phenoxy) is 4. The second-order valence-electron chi connectivity index (χ2n) is 13.4. The lowest BCUT2D eigenvalue weighted by Gasteiger charge is -2.36. The molecule has 0 heterocycles.